The summed E-state index contributed by atoms with van der Waals surface area (Å²) < 4.78 is 64.8. The molecule has 0 aliphatic heterocycles. The van der Waals surface area contributed by atoms with Gasteiger partial charge in [0.1, 0.15) is 15.8 Å². The Labute approximate surface area is 263 Å². The third-order valence-corrected chi connectivity index (χ3v) is 8.48. The molecule has 1 aliphatic rings. The van der Waals surface area contributed by atoms with Crippen LogP contribution in [-0.4, -0.2) is 28.2 Å². The van der Waals surface area contributed by atoms with Crippen molar-refractivity contribution in [3.63, 3.8) is 0 Å². The largest absolute Gasteiger partial charge is 0.471 e. The van der Waals surface area contributed by atoms with Gasteiger partial charge >= 0.3 is 12.1 Å². The number of halogens is 11. The molecule has 6 nitrogen and oxygen atoms in total. The van der Waals surface area contributed by atoms with Crippen LogP contribution < -0.4 is 16.0 Å². The van der Waals surface area contributed by atoms with Gasteiger partial charge in [0.15, 0.2) is 5.82 Å². The van der Waals surface area contributed by atoms with Gasteiger partial charge in [0.05, 0.1) is 37.3 Å². The molecular weight excluding hydrogens is 698 g/mol. The lowest BCUT2D eigenvalue weighted by molar-refractivity contribution is -0.167. The van der Waals surface area contributed by atoms with Crippen molar-refractivity contribution in [1.29, 1.82) is 0 Å². The zero-order chi connectivity index (χ0) is 31.3. The topological polar surface area (TPSA) is 87.3 Å². The minimum absolute atomic E-state index is 0.0363. The highest BCUT2D eigenvalue weighted by molar-refractivity contribution is 6.54. The molecule has 3 aromatic carbocycles. The Morgan fingerprint density at radius 2 is 1.43 bits per heavy atom. The van der Waals surface area contributed by atoms with Gasteiger partial charge in [-0.2, -0.15) is 13.2 Å². The van der Waals surface area contributed by atoms with Crippen LogP contribution in [0.15, 0.2) is 42.5 Å². The molecule has 1 fully saturated rings. The second-order valence-electron chi connectivity index (χ2n) is 8.80. The van der Waals surface area contributed by atoms with Crippen LogP contribution in [0.25, 0.3) is 0 Å². The smallest absolute Gasteiger partial charge is 0.326 e. The maximum atomic E-state index is 14.8. The summed E-state index contributed by atoms with van der Waals surface area (Å²) in [5.41, 5.74) is -2.04. The van der Waals surface area contributed by atoms with Gasteiger partial charge in [-0.05, 0) is 48.0 Å². The van der Waals surface area contributed by atoms with Crippen LogP contribution >= 0.6 is 69.6 Å². The average molecular weight is 710 g/mol. The van der Waals surface area contributed by atoms with Gasteiger partial charge in [-0.1, -0.05) is 46.4 Å². The first-order chi connectivity index (χ1) is 19.4. The predicted octanol–water partition coefficient (Wildman–Crippen LogP) is 8.86. The Bertz CT molecular complexity index is 1610. The third-order valence-electron chi connectivity index (χ3n) is 6.02. The number of rotatable bonds is 6. The molecule has 4 rings (SSSR count). The lowest BCUT2D eigenvalue weighted by Gasteiger charge is -2.14. The van der Waals surface area contributed by atoms with Crippen LogP contribution in [0.2, 0.25) is 20.1 Å². The van der Waals surface area contributed by atoms with Gasteiger partial charge in [0, 0.05) is 11.6 Å². The number of nitrogens with one attached hydrogen (secondary N) is 3. The van der Waals surface area contributed by atoms with Crippen molar-refractivity contribution in [2.75, 3.05) is 16.0 Å². The van der Waals surface area contributed by atoms with E-state index in [4.69, 9.17) is 69.6 Å². The SMILES string of the molecule is O=C(Nc1ccc(F)c(NC(=O)C(F)(F)F)c1F)c1cc(NC(=O)[C@H]2[C@H](c3cc(Cl)c(Cl)c(Cl)c3)C2(Cl)Cl)ccc1Cl. The van der Waals surface area contributed by atoms with Crippen LogP contribution in [0.4, 0.5) is 39.0 Å². The Balaban J connectivity index is 1.53. The van der Waals surface area contributed by atoms with E-state index in [1.807, 2.05) is 5.32 Å². The molecule has 0 bridgehead atoms. The van der Waals surface area contributed by atoms with Crippen molar-refractivity contribution < 1.29 is 36.3 Å². The van der Waals surface area contributed by atoms with Gasteiger partial charge in [-0.3, -0.25) is 14.4 Å². The highest BCUT2D eigenvalue weighted by Gasteiger charge is 2.67. The summed E-state index contributed by atoms with van der Waals surface area (Å²) in [5.74, 6) is -9.30. The van der Waals surface area contributed by atoms with Gasteiger partial charge in [-0.25, -0.2) is 8.78 Å². The molecular formula is C25H12Cl6F5N3O3. The monoisotopic (exact) mass is 707 g/mol. The fourth-order valence-electron chi connectivity index (χ4n) is 3.96. The highest BCUT2D eigenvalue weighted by Crippen LogP contribution is 2.65. The van der Waals surface area contributed by atoms with E-state index in [0.29, 0.717) is 17.7 Å². The molecule has 0 spiro atoms. The summed E-state index contributed by atoms with van der Waals surface area (Å²) in [5, 5.41) is 5.82. The molecule has 222 valence electrons. The van der Waals surface area contributed by atoms with E-state index in [0.717, 1.165) is 11.4 Å². The Kier molecular flexibility index (Phi) is 9.14. The average Bonchev–Trinajstić information content (AvgIpc) is 3.48. The van der Waals surface area contributed by atoms with Crippen LogP contribution in [0.5, 0.6) is 0 Å². The number of hydrogen-bond donors (Lipinski definition) is 3. The first kappa shape index (κ1) is 32.4. The molecule has 2 atom stereocenters. The van der Waals surface area contributed by atoms with Crippen LogP contribution in [0.3, 0.4) is 0 Å². The van der Waals surface area contributed by atoms with E-state index in [1.54, 1.807) is 0 Å². The summed E-state index contributed by atoms with van der Waals surface area (Å²) in [6.07, 6.45) is -5.43. The minimum Gasteiger partial charge on any atom is -0.326 e. The third kappa shape index (κ3) is 6.51. The van der Waals surface area contributed by atoms with Gasteiger partial charge in [0.25, 0.3) is 5.91 Å². The molecule has 0 unspecified atom stereocenters. The Hall–Kier alpha value is -2.54. The minimum atomic E-state index is -5.43. The van der Waals surface area contributed by atoms with Gasteiger partial charge in [-0.15, -0.1) is 23.2 Å². The molecule has 3 aromatic rings. The molecule has 0 heterocycles. The fourth-order valence-corrected chi connectivity index (χ4v) is 5.60. The van der Waals surface area contributed by atoms with Crippen molar-refractivity contribution in [2.24, 2.45) is 5.92 Å². The Morgan fingerprint density at radius 1 is 0.810 bits per heavy atom. The number of alkyl halides is 5. The first-order valence-electron chi connectivity index (χ1n) is 11.2. The number of carbonyl (C=O) groups is 3. The van der Waals surface area contributed by atoms with E-state index >= 15 is 0 Å². The van der Waals surface area contributed by atoms with Crippen LogP contribution in [0, 0.1) is 17.6 Å². The highest BCUT2D eigenvalue weighted by atomic mass is 35.5. The lowest BCUT2D eigenvalue weighted by Crippen LogP contribution is -2.31. The molecule has 0 saturated heterocycles. The zero-order valence-electron chi connectivity index (χ0n) is 20.1. The summed E-state index contributed by atoms with van der Waals surface area (Å²) in [4.78, 5) is 37.1. The number of benzene rings is 3. The van der Waals surface area contributed by atoms with Crippen molar-refractivity contribution in [3.8, 4) is 0 Å². The quantitative estimate of drug-likeness (QED) is 0.136. The van der Waals surface area contributed by atoms with Crippen molar-refractivity contribution in [2.45, 2.75) is 16.4 Å². The molecule has 42 heavy (non-hydrogen) atoms. The molecule has 0 radical (unpaired) electrons. The second kappa shape index (κ2) is 11.9. The normalized spacial score (nSPS) is 17.4. The van der Waals surface area contributed by atoms with E-state index in [2.05, 4.69) is 5.32 Å². The van der Waals surface area contributed by atoms with E-state index < -0.39 is 63.1 Å². The van der Waals surface area contributed by atoms with E-state index in [9.17, 15) is 36.3 Å². The number of anilines is 3. The maximum absolute atomic E-state index is 14.8. The molecule has 1 saturated carbocycles. The van der Waals surface area contributed by atoms with Crippen LogP contribution in [0.1, 0.15) is 21.8 Å². The van der Waals surface area contributed by atoms with Crippen molar-refractivity contribution in [3.05, 3.63) is 85.3 Å². The fraction of sp³-hybridized carbons (Fsp3) is 0.160. The van der Waals surface area contributed by atoms with E-state index in [1.165, 1.54) is 24.3 Å². The second-order valence-corrected chi connectivity index (χ2v) is 11.8. The summed E-state index contributed by atoms with van der Waals surface area (Å²) in [6, 6.07) is 7.84. The number of amides is 3. The number of carbonyl (C=O) groups excluding carboxylic acids is 3. The molecule has 0 aromatic heterocycles. The first-order valence-corrected chi connectivity index (χ1v) is 13.5. The molecule has 3 N–H and O–H groups in total. The molecule has 3 amide bonds. The summed E-state index contributed by atoms with van der Waals surface area (Å²) >= 11 is 36.9. The summed E-state index contributed by atoms with van der Waals surface area (Å²) in [6.45, 7) is 0. The van der Waals surface area contributed by atoms with E-state index in [-0.39, 0.29) is 31.3 Å². The van der Waals surface area contributed by atoms with Crippen molar-refractivity contribution in [1.82, 2.24) is 0 Å². The Morgan fingerprint density at radius 3 is 2.02 bits per heavy atom. The number of hydrogen-bond acceptors (Lipinski definition) is 3. The standard InChI is InChI=1S/C25H12Cl6F5N3O3/c26-11-2-1-9(37-22(41)17-16(24(17,30)31)8-5-12(27)18(29)13(28)6-8)7-10(11)21(40)38-15-4-3-14(32)20(19(15)33)39-23(42)25(34,35)36/h1-7,16-17H,(H,37,41)(H,38,40)(H,39,42)/t16-,17+/m0/s1. The molecule has 17 heteroatoms. The van der Waals surface area contributed by atoms with Gasteiger partial charge < -0.3 is 16.0 Å². The molecule has 1 aliphatic carbocycles. The maximum Gasteiger partial charge on any atom is 0.471 e. The van der Waals surface area contributed by atoms with Crippen LogP contribution in [-0.2, 0) is 9.59 Å². The lowest BCUT2D eigenvalue weighted by atomic mass is 10.1. The predicted molar refractivity (Wildman–Crippen MR) is 151 cm³/mol. The zero-order valence-corrected chi connectivity index (χ0v) is 24.6. The van der Waals surface area contributed by atoms with Gasteiger partial charge in [0.2, 0.25) is 5.91 Å². The summed E-state index contributed by atoms with van der Waals surface area (Å²) in [7, 11) is 0. The van der Waals surface area contributed by atoms with Crippen molar-refractivity contribution >= 4 is 104 Å².